The maximum Gasteiger partial charge on any atom is 0.320 e. The largest absolute Gasteiger partial charge is 0.321 e. The summed E-state index contributed by atoms with van der Waals surface area (Å²) in [4.78, 5) is 3.91. The molecule has 0 aromatic carbocycles. The molecule has 0 N–H and O–H groups in total. The predicted octanol–water partition coefficient (Wildman–Crippen LogP) is 1.85. The standard InChI is InChI=1S/C6H7ClN2O/c1-3-2-4(3)5-8-6(7)10-9-5/h3-4H,2H2,1H3. The van der Waals surface area contributed by atoms with Crippen LogP contribution < -0.4 is 0 Å². The second kappa shape index (κ2) is 1.95. The molecule has 2 rings (SSSR count). The summed E-state index contributed by atoms with van der Waals surface area (Å²) in [7, 11) is 0. The summed E-state index contributed by atoms with van der Waals surface area (Å²) in [6, 6.07) is 0. The van der Waals surface area contributed by atoms with E-state index < -0.39 is 0 Å². The van der Waals surface area contributed by atoms with Crippen LogP contribution in [0.4, 0.5) is 0 Å². The van der Waals surface area contributed by atoms with Crippen molar-refractivity contribution in [3.05, 3.63) is 11.2 Å². The van der Waals surface area contributed by atoms with E-state index in [4.69, 9.17) is 11.6 Å². The lowest BCUT2D eigenvalue weighted by atomic mass is 10.3. The maximum atomic E-state index is 5.44. The average molecular weight is 159 g/mol. The first-order chi connectivity index (χ1) is 4.77. The Kier molecular flexibility index (Phi) is 1.20. The summed E-state index contributed by atoms with van der Waals surface area (Å²) in [6.07, 6.45) is 1.16. The van der Waals surface area contributed by atoms with E-state index >= 15 is 0 Å². The summed E-state index contributed by atoms with van der Waals surface area (Å²) < 4.78 is 4.62. The molecule has 1 aliphatic rings. The SMILES string of the molecule is CC1CC1c1noc(Cl)n1. The molecule has 1 fully saturated rings. The molecule has 0 amide bonds. The predicted molar refractivity (Wildman–Crippen MR) is 35.8 cm³/mol. The van der Waals surface area contributed by atoms with Crippen LogP contribution in [-0.4, -0.2) is 10.1 Å². The van der Waals surface area contributed by atoms with Crippen molar-refractivity contribution in [2.24, 2.45) is 5.92 Å². The molecular weight excluding hydrogens is 152 g/mol. The molecule has 0 radical (unpaired) electrons. The van der Waals surface area contributed by atoms with E-state index in [0.717, 1.165) is 12.2 Å². The van der Waals surface area contributed by atoms with Crippen LogP contribution in [0.2, 0.25) is 5.35 Å². The zero-order valence-corrected chi connectivity index (χ0v) is 6.30. The second-order valence-corrected chi connectivity index (χ2v) is 3.05. The fraction of sp³-hybridized carbons (Fsp3) is 0.667. The van der Waals surface area contributed by atoms with Crippen molar-refractivity contribution in [3.8, 4) is 0 Å². The monoisotopic (exact) mass is 158 g/mol. The van der Waals surface area contributed by atoms with Gasteiger partial charge in [-0.15, -0.1) is 0 Å². The van der Waals surface area contributed by atoms with E-state index in [0.29, 0.717) is 11.8 Å². The first-order valence-corrected chi connectivity index (χ1v) is 3.64. The van der Waals surface area contributed by atoms with E-state index in [1.807, 2.05) is 0 Å². The van der Waals surface area contributed by atoms with E-state index in [2.05, 4.69) is 21.6 Å². The Hall–Kier alpha value is -0.570. The van der Waals surface area contributed by atoms with E-state index in [1.54, 1.807) is 0 Å². The van der Waals surface area contributed by atoms with Crippen LogP contribution in [0.25, 0.3) is 0 Å². The Morgan fingerprint density at radius 1 is 1.70 bits per heavy atom. The molecule has 4 heteroatoms. The molecule has 1 heterocycles. The quantitative estimate of drug-likeness (QED) is 0.626. The molecule has 0 bridgehead atoms. The second-order valence-electron chi connectivity index (χ2n) is 2.73. The summed E-state index contributed by atoms with van der Waals surface area (Å²) in [5.74, 6) is 1.96. The van der Waals surface area contributed by atoms with Gasteiger partial charge in [0.2, 0.25) is 0 Å². The number of hydrogen-bond donors (Lipinski definition) is 0. The molecule has 1 aliphatic carbocycles. The Labute approximate surface area is 63.4 Å². The van der Waals surface area contributed by atoms with Crippen molar-refractivity contribution in [1.29, 1.82) is 0 Å². The van der Waals surface area contributed by atoms with Gasteiger partial charge in [-0.05, 0) is 23.9 Å². The van der Waals surface area contributed by atoms with Crippen molar-refractivity contribution in [1.82, 2.24) is 10.1 Å². The highest BCUT2D eigenvalue weighted by atomic mass is 35.5. The maximum absolute atomic E-state index is 5.44. The number of halogens is 1. The summed E-state index contributed by atoms with van der Waals surface area (Å²) in [6.45, 7) is 2.16. The molecule has 2 atom stereocenters. The van der Waals surface area contributed by atoms with E-state index in [-0.39, 0.29) is 5.35 Å². The topological polar surface area (TPSA) is 38.9 Å². The minimum absolute atomic E-state index is 0.147. The fourth-order valence-corrected chi connectivity index (χ4v) is 1.17. The fourth-order valence-electron chi connectivity index (χ4n) is 1.05. The van der Waals surface area contributed by atoms with Crippen molar-refractivity contribution < 1.29 is 4.52 Å². The third kappa shape index (κ3) is 0.904. The lowest BCUT2D eigenvalue weighted by Gasteiger charge is -1.81. The first-order valence-electron chi connectivity index (χ1n) is 3.26. The first kappa shape index (κ1) is 6.16. The zero-order valence-electron chi connectivity index (χ0n) is 5.54. The highest BCUT2D eigenvalue weighted by Crippen LogP contribution is 2.45. The Morgan fingerprint density at radius 2 is 2.40 bits per heavy atom. The Balaban J connectivity index is 2.20. The third-order valence-corrected chi connectivity index (χ3v) is 2.01. The van der Waals surface area contributed by atoms with Crippen molar-refractivity contribution in [2.45, 2.75) is 19.3 Å². The van der Waals surface area contributed by atoms with Gasteiger partial charge in [-0.25, -0.2) is 0 Å². The summed E-state index contributed by atoms with van der Waals surface area (Å²) in [5, 5.41) is 3.86. The highest BCUT2D eigenvalue weighted by molar-refractivity contribution is 6.27. The number of nitrogens with zero attached hydrogens (tertiary/aromatic N) is 2. The molecule has 10 heavy (non-hydrogen) atoms. The lowest BCUT2D eigenvalue weighted by Crippen LogP contribution is -1.82. The van der Waals surface area contributed by atoms with E-state index in [9.17, 15) is 0 Å². The highest BCUT2D eigenvalue weighted by Gasteiger charge is 2.37. The van der Waals surface area contributed by atoms with Gasteiger partial charge in [0, 0.05) is 5.92 Å². The molecule has 1 aromatic rings. The van der Waals surface area contributed by atoms with Gasteiger partial charge in [0.1, 0.15) is 0 Å². The van der Waals surface area contributed by atoms with Gasteiger partial charge in [-0.1, -0.05) is 12.1 Å². The molecule has 0 spiro atoms. The van der Waals surface area contributed by atoms with Crippen LogP contribution in [0.15, 0.2) is 4.52 Å². The third-order valence-electron chi connectivity index (χ3n) is 1.86. The summed E-state index contributed by atoms with van der Waals surface area (Å²) in [5.41, 5.74) is 0. The van der Waals surface area contributed by atoms with Gasteiger partial charge in [0.15, 0.2) is 5.82 Å². The van der Waals surface area contributed by atoms with Gasteiger partial charge < -0.3 is 4.52 Å². The molecule has 1 aromatic heterocycles. The molecule has 1 saturated carbocycles. The Morgan fingerprint density at radius 3 is 2.80 bits per heavy atom. The minimum atomic E-state index is 0.147. The van der Waals surface area contributed by atoms with Crippen LogP contribution in [0.1, 0.15) is 25.1 Å². The van der Waals surface area contributed by atoms with Crippen LogP contribution in [0, 0.1) is 5.92 Å². The van der Waals surface area contributed by atoms with Gasteiger partial charge in [0.25, 0.3) is 0 Å². The molecule has 54 valence electrons. The minimum Gasteiger partial charge on any atom is -0.321 e. The van der Waals surface area contributed by atoms with Crippen molar-refractivity contribution in [3.63, 3.8) is 0 Å². The van der Waals surface area contributed by atoms with Crippen LogP contribution in [0.3, 0.4) is 0 Å². The molecule has 0 saturated heterocycles. The number of aromatic nitrogens is 2. The van der Waals surface area contributed by atoms with Crippen LogP contribution in [-0.2, 0) is 0 Å². The van der Waals surface area contributed by atoms with Gasteiger partial charge in [0.05, 0.1) is 0 Å². The smallest absolute Gasteiger partial charge is 0.320 e. The molecule has 3 nitrogen and oxygen atoms in total. The summed E-state index contributed by atoms with van der Waals surface area (Å²) >= 11 is 5.44. The van der Waals surface area contributed by atoms with Crippen LogP contribution >= 0.6 is 11.6 Å². The van der Waals surface area contributed by atoms with Crippen LogP contribution in [0.5, 0.6) is 0 Å². The van der Waals surface area contributed by atoms with Crippen molar-refractivity contribution in [2.75, 3.05) is 0 Å². The Bertz CT molecular complexity index is 248. The van der Waals surface area contributed by atoms with Gasteiger partial charge in [-0.2, -0.15) is 4.98 Å². The normalized spacial score (nSPS) is 30.6. The molecule has 0 aliphatic heterocycles. The average Bonchev–Trinajstić information content (AvgIpc) is 2.42. The zero-order chi connectivity index (χ0) is 7.14. The molecule has 2 unspecified atom stereocenters. The number of rotatable bonds is 1. The lowest BCUT2D eigenvalue weighted by molar-refractivity contribution is 0.411. The number of hydrogen-bond acceptors (Lipinski definition) is 3. The van der Waals surface area contributed by atoms with Gasteiger partial charge in [-0.3, -0.25) is 0 Å². The van der Waals surface area contributed by atoms with E-state index in [1.165, 1.54) is 0 Å². The molecular formula is C6H7ClN2O. The van der Waals surface area contributed by atoms with Gasteiger partial charge >= 0.3 is 5.35 Å². The van der Waals surface area contributed by atoms with Crippen molar-refractivity contribution >= 4 is 11.6 Å².